The van der Waals surface area contributed by atoms with Crippen molar-refractivity contribution in [1.82, 2.24) is 4.98 Å². The van der Waals surface area contributed by atoms with Crippen LogP contribution in [0, 0.1) is 0 Å². The molecule has 0 atom stereocenters. The molecule has 4 rings (SSSR count). The lowest BCUT2D eigenvalue weighted by atomic mass is 10.0. The number of hydrogen-bond acceptors (Lipinski definition) is 5. The zero-order valence-electron chi connectivity index (χ0n) is 18.0. The summed E-state index contributed by atoms with van der Waals surface area (Å²) in [7, 11) is 1.65. The Kier molecular flexibility index (Phi) is 7.00. The van der Waals surface area contributed by atoms with Gasteiger partial charge in [-0.05, 0) is 34.9 Å². The first-order valence-electron chi connectivity index (χ1n) is 10.5. The molecule has 5 heteroatoms. The second kappa shape index (κ2) is 10.5. The van der Waals surface area contributed by atoms with E-state index in [1.807, 2.05) is 91.0 Å². The monoisotopic (exact) mass is 426 g/mol. The minimum Gasteiger partial charge on any atom is -0.496 e. The van der Waals surface area contributed by atoms with E-state index in [0.717, 1.165) is 33.6 Å². The molecule has 0 amide bonds. The molecular weight excluding hydrogens is 400 g/mol. The Morgan fingerprint density at radius 3 is 1.97 bits per heavy atom. The Bertz CT molecular complexity index is 1150. The molecule has 1 aromatic heterocycles. The normalized spacial score (nSPS) is 10.6. The molecule has 0 aliphatic carbocycles. The number of methoxy groups -OCH3 is 1. The van der Waals surface area contributed by atoms with E-state index < -0.39 is 0 Å². The van der Waals surface area contributed by atoms with Gasteiger partial charge in [-0.1, -0.05) is 66.7 Å². The predicted molar refractivity (Wildman–Crippen MR) is 126 cm³/mol. The van der Waals surface area contributed by atoms with E-state index >= 15 is 0 Å². The fraction of sp³-hybridized carbons (Fsp3) is 0.148. The molecule has 32 heavy (non-hydrogen) atoms. The molecule has 0 aliphatic heterocycles. The van der Waals surface area contributed by atoms with E-state index in [9.17, 15) is 0 Å². The number of aromatic nitrogens is 1. The number of pyridine rings is 1. The fourth-order valence-corrected chi connectivity index (χ4v) is 3.37. The highest BCUT2D eigenvalue weighted by Gasteiger charge is 2.16. The maximum Gasteiger partial charge on any atom is 0.225 e. The van der Waals surface area contributed by atoms with Crippen molar-refractivity contribution in [1.29, 1.82) is 0 Å². The first kappa shape index (κ1) is 21.4. The molecule has 0 saturated heterocycles. The zero-order valence-corrected chi connectivity index (χ0v) is 18.0. The summed E-state index contributed by atoms with van der Waals surface area (Å²) in [6.07, 6.45) is 0. The van der Waals surface area contributed by atoms with Crippen LogP contribution in [0.2, 0.25) is 0 Å². The van der Waals surface area contributed by atoms with Gasteiger partial charge in [-0.15, -0.1) is 0 Å². The molecule has 4 aromatic rings. The van der Waals surface area contributed by atoms with Crippen molar-refractivity contribution in [3.8, 4) is 28.6 Å². The summed E-state index contributed by atoms with van der Waals surface area (Å²) in [5.41, 5.74) is 10.7. The second-order valence-corrected chi connectivity index (χ2v) is 7.29. The highest BCUT2D eigenvalue weighted by Crippen LogP contribution is 2.37. The third-order valence-electron chi connectivity index (χ3n) is 5.07. The molecule has 0 fully saturated rings. The fourth-order valence-electron chi connectivity index (χ4n) is 3.37. The van der Waals surface area contributed by atoms with Gasteiger partial charge in [0.25, 0.3) is 0 Å². The van der Waals surface area contributed by atoms with Gasteiger partial charge >= 0.3 is 0 Å². The summed E-state index contributed by atoms with van der Waals surface area (Å²) < 4.78 is 17.7. The molecule has 1 heterocycles. The van der Waals surface area contributed by atoms with Gasteiger partial charge in [0.05, 0.1) is 7.11 Å². The molecule has 0 radical (unpaired) electrons. The Balaban J connectivity index is 1.66. The average molecular weight is 427 g/mol. The van der Waals surface area contributed by atoms with E-state index in [-0.39, 0.29) is 0 Å². The largest absolute Gasteiger partial charge is 0.496 e. The van der Waals surface area contributed by atoms with Crippen LogP contribution in [0.5, 0.6) is 17.5 Å². The smallest absolute Gasteiger partial charge is 0.225 e. The van der Waals surface area contributed by atoms with Gasteiger partial charge in [-0.3, -0.25) is 0 Å². The van der Waals surface area contributed by atoms with Crippen LogP contribution in [0.15, 0.2) is 91.0 Å². The van der Waals surface area contributed by atoms with Crippen LogP contribution in [0.1, 0.15) is 16.7 Å². The summed E-state index contributed by atoms with van der Waals surface area (Å²) >= 11 is 0. The molecule has 3 aromatic carbocycles. The first-order valence-corrected chi connectivity index (χ1v) is 10.5. The van der Waals surface area contributed by atoms with Crippen LogP contribution in [-0.2, 0) is 19.8 Å². The van der Waals surface area contributed by atoms with Crippen LogP contribution in [-0.4, -0.2) is 12.1 Å². The van der Waals surface area contributed by atoms with Gasteiger partial charge in [0, 0.05) is 23.7 Å². The summed E-state index contributed by atoms with van der Waals surface area (Å²) in [4.78, 5) is 4.68. The quantitative estimate of drug-likeness (QED) is 0.390. The first-order chi connectivity index (χ1) is 15.8. The minimum absolute atomic E-state index is 0.391. The number of hydrogen-bond donors (Lipinski definition) is 1. The molecule has 0 unspecified atom stereocenters. The molecule has 0 saturated carbocycles. The maximum absolute atomic E-state index is 6.17. The number of benzene rings is 3. The van der Waals surface area contributed by atoms with Crippen LogP contribution in [0.3, 0.4) is 0 Å². The van der Waals surface area contributed by atoms with E-state index in [1.165, 1.54) is 0 Å². The third kappa shape index (κ3) is 5.25. The van der Waals surface area contributed by atoms with Crippen molar-refractivity contribution < 1.29 is 14.2 Å². The van der Waals surface area contributed by atoms with Crippen molar-refractivity contribution in [2.75, 3.05) is 7.11 Å². The van der Waals surface area contributed by atoms with E-state index in [2.05, 4.69) is 4.98 Å². The lowest BCUT2D eigenvalue weighted by Crippen LogP contribution is -2.03. The van der Waals surface area contributed by atoms with Gasteiger partial charge in [0.1, 0.15) is 19.0 Å². The molecule has 0 aliphatic rings. The summed E-state index contributed by atoms with van der Waals surface area (Å²) in [6, 6.07) is 29.7. The van der Waals surface area contributed by atoms with E-state index in [4.69, 9.17) is 19.9 Å². The SMILES string of the molecule is COc1ccc(CN)cc1-c1ccc(OCc2ccccc2)nc1OCc1ccccc1. The van der Waals surface area contributed by atoms with Gasteiger partial charge < -0.3 is 19.9 Å². The lowest BCUT2D eigenvalue weighted by molar-refractivity contribution is 0.268. The highest BCUT2D eigenvalue weighted by molar-refractivity contribution is 5.75. The molecule has 5 nitrogen and oxygen atoms in total. The Labute approximate surface area is 188 Å². The van der Waals surface area contributed by atoms with Crippen LogP contribution in [0.4, 0.5) is 0 Å². The lowest BCUT2D eigenvalue weighted by Gasteiger charge is -2.16. The standard InChI is InChI=1S/C27H26N2O3/c1-30-25-14-12-22(17-28)16-24(25)23-13-15-26(31-18-20-8-4-2-5-9-20)29-27(23)32-19-21-10-6-3-7-11-21/h2-16H,17-19,28H2,1H3. The highest BCUT2D eigenvalue weighted by atomic mass is 16.5. The summed E-state index contributed by atoms with van der Waals surface area (Å²) in [5, 5.41) is 0. The molecule has 2 N–H and O–H groups in total. The van der Waals surface area contributed by atoms with Crippen molar-refractivity contribution >= 4 is 0 Å². The van der Waals surface area contributed by atoms with Crippen LogP contribution in [0.25, 0.3) is 11.1 Å². The van der Waals surface area contributed by atoms with Crippen molar-refractivity contribution in [3.05, 3.63) is 108 Å². The summed E-state index contributed by atoms with van der Waals surface area (Å²) in [6.45, 7) is 1.25. The molecule has 162 valence electrons. The Morgan fingerprint density at radius 2 is 1.34 bits per heavy atom. The van der Waals surface area contributed by atoms with Crippen molar-refractivity contribution in [3.63, 3.8) is 0 Å². The molecule has 0 spiro atoms. The number of nitrogens with zero attached hydrogens (tertiary/aromatic N) is 1. The second-order valence-electron chi connectivity index (χ2n) is 7.29. The van der Waals surface area contributed by atoms with Crippen molar-refractivity contribution in [2.45, 2.75) is 19.8 Å². The van der Waals surface area contributed by atoms with Gasteiger partial charge in [0.2, 0.25) is 11.8 Å². The van der Waals surface area contributed by atoms with Gasteiger partial charge in [-0.25, -0.2) is 0 Å². The molecular formula is C27H26N2O3. The van der Waals surface area contributed by atoms with Gasteiger partial charge in [0.15, 0.2) is 0 Å². The Morgan fingerprint density at radius 1 is 0.688 bits per heavy atom. The minimum atomic E-state index is 0.391. The summed E-state index contributed by atoms with van der Waals surface area (Å²) in [5.74, 6) is 1.70. The maximum atomic E-state index is 6.17. The van der Waals surface area contributed by atoms with E-state index in [1.54, 1.807) is 7.11 Å². The number of nitrogens with two attached hydrogens (primary N) is 1. The molecule has 0 bridgehead atoms. The van der Waals surface area contributed by atoms with Crippen LogP contribution >= 0.6 is 0 Å². The zero-order chi connectivity index (χ0) is 22.2. The van der Waals surface area contributed by atoms with Crippen LogP contribution < -0.4 is 19.9 Å². The van der Waals surface area contributed by atoms with Crippen molar-refractivity contribution in [2.24, 2.45) is 5.73 Å². The van der Waals surface area contributed by atoms with Gasteiger partial charge in [-0.2, -0.15) is 4.98 Å². The Hall–Kier alpha value is -3.83. The topological polar surface area (TPSA) is 66.6 Å². The third-order valence-corrected chi connectivity index (χ3v) is 5.07. The predicted octanol–water partition coefficient (Wildman–Crippen LogP) is 5.37. The number of ether oxygens (including phenoxy) is 3. The average Bonchev–Trinajstić information content (AvgIpc) is 2.87. The van der Waals surface area contributed by atoms with E-state index in [0.29, 0.717) is 31.5 Å². The number of rotatable bonds is 9.